The fourth-order valence-corrected chi connectivity index (χ4v) is 3.15. The molecule has 2 unspecified atom stereocenters. The molecule has 2 atom stereocenters. The Morgan fingerprint density at radius 3 is 2.42 bits per heavy atom. The summed E-state index contributed by atoms with van der Waals surface area (Å²) in [5.41, 5.74) is 0. The smallest absolute Gasteiger partial charge is 0.306 e. The number of aliphatic carboxylic acids is 1. The van der Waals surface area contributed by atoms with Gasteiger partial charge in [0.15, 0.2) is 0 Å². The van der Waals surface area contributed by atoms with Gasteiger partial charge in [0.2, 0.25) is 5.91 Å². The topological polar surface area (TPSA) is 78.4 Å². The van der Waals surface area contributed by atoms with Crippen LogP contribution >= 0.6 is 0 Å². The van der Waals surface area contributed by atoms with Crippen molar-refractivity contribution in [3.8, 4) is 0 Å². The lowest BCUT2D eigenvalue weighted by Crippen LogP contribution is -2.45. The molecular formula is C14H24N2O3. The lowest BCUT2D eigenvalue weighted by Gasteiger charge is -2.27. The Bertz CT molecular complexity index is 338. The summed E-state index contributed by atoms with van der Waals surface area (Å²) in [7, 11) is 0. The number of rotatable bonds is 4. The molecule has 0 aromatic rings. The maximum atomic E-state index is 12.0. The van der Waals surface area contributed by atoms with Crippen molar-refractivity contribution in [3.63, 3.8) is 0 Å². The van der Waals surface area contributed by atoms with Crippen LogP contribution in [0.5, 0.6) is 0 Å². The molecule has 5 nitrogen and oxygen atoms in total. The molecule has 0 bridgehead atoms. The highest BCUT2D eigenvalue weighted by Crippen LogP contribution is 2.28. The normalized spacial score (nSPS) is 35.0. The number of carboxylic acid groups (broad SMARTS) is 1. The summed E-state index contributed by atoms with van der Waals surface area (Å²) < 4.78 is 0. The average Bonchev–Trinajstić information content (AvgIpc) is 2.83. The highest BCUT2D eigenvalue weighted by molar-refractivity contribution is 5.82. The maximum Gasteiger partial charge on any atom is 0.306 e. The van der Waals surface area contributed by atoms with E-state index in [2.05, 4.69) is 17.6 Å². The molecule has 2 rings (SSSR count). The summed E-state index contributed by atoms with van der Waals surface area (Å²) in [6.45, 7) is 3.71. The molecule has 1 saturated heterocycles. The largest absolute Gasteiger partial charge is 0.481 e. The third-order valence-corrected chi connectivity index (χ3v) is 4.58. The second-order valence-electron chi connectivity index (χ2n) is 6.00. The molecule has 1 amide bonds. The molecule has 0 radical (unpaired) electrons. The van der Waals surface area contributed by atoms with Crippen LogP contribution in [-0.4, -0.2) is 36.1 Å². The summed E-state index contributed by atoms with van der Waals surface area (Å²) in [6.07, 6.45) is 4.36. The van der Waals surface area contributed by atoms with E-state index in [0.29, 0.717) is 18.4 Å². The molecule has 0 aromatic heterocycles. The van der Waals surface area contributed by atoms with Crippen LogP contribution in [0.1, 0.15) is 39.0 Å². The van der Waals surface area contributed by atoms with E-state index in [1.54, 1.807) is 0 Å². The van der Waals surface area contributed by atoms with Crippen molar-refractivity contribution in [1.29, 1.82) is 0 Å². The van der Waals surface area contributed by atoms with Gasteiger partial charge in [-0.1, -0.05) is 6.92 Å². The molecule has 1 aliphatic carbocycles. The monoisotopic (exact) mass is 268 g/mol. The Balaban J connectivity index is 1.69. The Morgan fingerprint density at radius 1 is 1.21 bits per heavy atom. The maximum absolute atomic E-state index is 12.0. The third kappa shape index (κ3) is 3.69. The van der Waals surface area contributed by atoms with Crippen molar-refractivity contribution < 1.29 is 14.7 Å². The standard InChI is InChI=1S/C14H24N2O3/c1-9-6-7-15-12(9)13(17)16-8-10-2-4-11(5-3-10)14(18)19/h9-12,15H,2-8H2,1H3,(H,16,17)(H,18,19). The van der Waals surface area contributed by atoms with E-state index in [4.69, 9.17) is 5.11 Å². The number of carbonyl (C=O) groups is 2. The molecule has 3 N–H and O–H groups in total. The molecule has 2 fully saturated rings. The van der Waals surface area contributed by atoms with Crippen LogP contribution in [0.4, 0.5) is 0 Å². The zero-order chi connectivity index (χ0) is 13.8. The molecule has 0 aromatic carbocycles. The second-order valence-corrected chi connectivity index (χ2v) is 6.00. The van der Waals surface area contributed by atoms with Gasteiger partial charge in [-0.3, -0.25) is 9.59 Å². The minimum absolute atomic E-state index is 0.0460. The van der Waals surface area contributed by atoms with Crippen LogP contribution in [-0.2, 0) is 9.59 Å². The van der Waals surface area contributed by atoms with Crippen LogP contribution in [0.25, 0.3) is 0 Å². The number of nitrogens with one attached hydrogen (secondary N) is 2. The Labute approximate surface area is 114 Å². The first kappa shape index (κ1) is 14.3. The van der Waals surface area contributed by atoms with Gasteiger partial charge in [-0.25, -0.2) is 0 Å². The molecule has 1 saturated carbocycles. The first-order chi connectivity index (χ1) is 9.08. The molecule has 1 heterocycles. The number of carbonyl (C=O) groups excluding carboxylic acids is 1. The molecule has 19 heavy (non-hydrogen) atoms. The van der Waals surface area contributed by atoms with Crippen molar-refractivity contribution in [3.05, 3.63) is 0 Å². The van der Waals surface area contributed by atoms with E-state index < -0.39 is 5.97 Å². The summed E-state index contributed by atoms with van der Waals surface area (Å²) in [5.74, 6) is 0.0966. The fourth-order valence-electron chi connectivity index (χ4n) is 3.15. The van der Waals surface area contributed by atoms with Crippen LogP contribution in [0.15, 0.2) is 0 Å². The van der Waals surface area contributed by atoms with Gasteiger partial charge >= 0.3 is 5.97 Å². The molecular weight excluding hydrogens is 244 g/mol. The van der Waals surface area contributed by atoms with Crippen molar-refractivity contribution in [2.24, 2.45) is 17.8 Å². The molecule has 1 aliphatic heterocycles. The van der Waals surface area contributed by atoms with Gasteiger partial charge in [0, 0.05) is 6.54 Å². The lowest BCUT2D eigenvalue weighted by atomic mass is 9.82. The van der Waals surface area contributed by atoms with Crippen LogP contribution in [0, 0.1) is 17.8 Å². The first-order valence-electron chi connectivity index (χ1n) is 7.32. The van der Waals surface area contributed by atoms with Crippen molar-refractivity contribution in [1.82, 2.24) is 10.6 Å². The molecule has 0 spiro atoms. The van der Waals surface area contributed by atoms with Crippen LogP contribution in [0.2, 0.25) is 0 Å². The van der Waals surface area contributed by atoms with Gasteiger partial charge in [-0.05, 0) is 50.5 Å². The summed E-state index contributed by atoms with van der Waals surface area (Å²) in [4.78, 5) is 22.9. The van der Waals surface area contributed by atoms with Gasteiger partial charge in [0.1, 0.15) is 0 Å². The van der Waals surface area contributed by atoms with Crippen LogP contribution < -0.4 is 10.6 Å². The number of carboxylic acids is 1. The first-order valence-corrected chi connectivity index (χ1v) is 7.32. The van der Waals surface area contributed by atoms with Gasteiger partial charge in [0.25, 0.3) is 0 Å². The van der Waals surface area contributed by atoms with Crippen molar-refractivity contribution in [2.45, 2.75) is 45.1 Å². The summed E-state index contributed by atoms with van der Waals surface area (Å²) in [6, 6.07) is -0.0460. The summed E-state index contributed by atoms with van der Waals surface area (Å²) in [5, 5.41) is 15.2. The predicted octanol–water partition coefficient (Wildman–Crippen LogP) is 0.992. The van der Waals surface area contributed by atoms with E-state index in [9.17, 15) is 9.59 Å². The average molecular weight is 268 g/mol. The quantitative estimate of drug-likeness (QED) is 0.710. The van der Waals surface area contributed by atoms with E-state index >= 15 is 0 Å². The van der Waals surface area contributed by atoms with Crippen molar-refractivity contribution in [2.75, 3.05) is 13.1 Å². The predicted molar refractivity (Wildman–Crippen MR) is 71.7 cm³/mol. The molecule has 2 aliphatic rings. The van der Waals surface area contributed by atoms with Crippen molar-refractivity contribution >= 4 is 11.9 Å². The zero-order valence-electron chi connectivity index (χ0n) is 11.5. The zero-order valence-corrected chi connectivity index (χ0v) is 11.5. The Morgan fingerprint density at radius 2 is 1.89 bits per heavy atom. The van der Waals surface area contributed by atoms with E-state index in [1.165, 1.54) is 0 Å². The van der Waals surface area contributed by atoms with E-state index in [0.717, 1.165) is 38.6 Å². The molecule has 108 valence electrons. The van der Waals surface area contributed by atoms with Gasteiger partial charge < -0.3 is 15.7 Å². The van der Waals surface area contributed by atoms with Gasteiger partial charge in [-0.2, -0.15) is 0 Å². The SMILES string of the molecule is CC1CCNC1C(=O)NCC1CCC(C(=O)O)CC1. The van der Waals surface area contributed by atoms with E-state index in [-0.39, 0.29) is 17.9 Å². The van der Waals surface area contributed by atoms with Crippen LogP contribution in [0.3, 0.4) is 0 Å². The number of hydrogen-bond acceptors (Lipinski definition) is 3. The minimum Gasteiger partial charge on any atom is -0.481 e. The van der Waals surface area contributed by atoms with Gasteiger partial charge in [-0.15, -0.1) is 0 Å². The molecule has 5 heteroatoms. The summed E-state index contributed by atoms with van der Waals surface area (Å²) >= 11 is 0. The fraction of sp³-hybridized carbons (Fsp3) is 0.857. The lowest BCUT2D eigenvalue weighted by molar-refractivity contribution is -0.143. The highest BCUT2D eigenvalue weighted by Gasteiger charge is 2.30. The number of amides is 1. The Hall–Kier alpha value is -1.10. The Kier molecular flexibility index (Phi) is 4.80. The minimum atomic E-state index is -0.675. The second kappa shape index (κ2) is 6.37. The number of hydrogen-bond donors (Lipinski definition) is 3. The highest BCUT2D eigenvalue weighted by atomic mass is 16.4. The third-order valence-electron chi connectivity index (χ3n) is 4.58. The van der Waals surface area contributed by atoms with E-state index in [1.807, 2.05) is 0 Å². The van der Waals surface area contributed by atoms with Gasteiger partial charge in [0.05, 0.1) is 12.0 Å².